The highest BCUT2D eigenvalue weighted by molar-refractivity contribution is 5.18. The zero-order valence-corrected chi connectivity index (χ0v) is 7.97. The number of halogens is 1. The van der Waals surface area contributed by atoms with Crippen LogP contribution in [0.3, 0.4) is 0 Å². The van der Waals surface area contributed by atoms with Crippen LogP contribution in [0.4, 0.5) is 4.39 Å². The zero-order chi connectivity index (χ0) is 9.14. The van der Waals surface area contributed by atoms with Crippen LogP contribution in [0.15, 0.2) is 11.8 Å². The Bertz CT molecular complexity index is 179. The van der Waals surface area contributed by atoms with E-state index in [0.717, 1.165) is 5.70 Å². The van der Waals surface area contributed by atoms with Crippen molar-refractivity contribution in [2.24, 2.45) is 0 Å². The van der Waals surface area contributed by atoms with Crippen molar-refractivity contribution in [3.8, 4) is 0 Å². The van der Waals surface area contributed by atoms with Crippen molar-refractivity contribution in [1.82, 2.24) is 10.2 Å². The van der Waals surface area contributed by atoms with Gasteiger partial charge in [-0.25, -0.2) is 4.39 Å². The summed E-state index contributed by atoms with van der Waals surface area (Å²) in [4.78, 5) is 2.25. The van der Waals surface area contributed by atoms with E-state index in [9.17, 15) is 4.39 Å². The van der Waals surface area contributed by atoms with Crippen molar-refractivity contribution in [1.29, 1.82) is 0 Å². The molecule has 1 aliphatic rings. The predicted molar refractivity (Wildman–Crippen MR) is 48.7 cm³/mol. The molecule has 12 heavy (non-hydrogen) atoms. The maximum absolute atomic E-state index is 11.9. The summed E-state index contributed by atoms with van der Waals surface area (Å²) in [6.45, 7) is 4.39. The Morgan fingerprint density at radius 2 is 2.25 bits per heavy atom. The number of hydrogen-bond donors (Lipinski definition) is 1. The third-order valence-electron chi connectivity index (χ3n) is 2.55. The maximum Gasteiger partial charge on any atom is 0.107 e. The molecule has 70 valence electrons. The minimum Gasteiger partial charge on any atom is -0.385 e. The molecule has 0 bridgehead atoms. The van der Waals surface area contributed by atoms with Gasteiger partial charge in [0.15, 0.2) is 0 Å². The molecule has 0 fully saturated rings. The first-order valence-electron chi connectivity index (χ1n) is 4.40. The smallest absolute Gasteiger partial charge is 0.107 e. The van der Waals surface area contributed by atoms with E-state index in [0.29, 0.717) is 18.6 Å². The van der Waals surface area contributed by atoms with Gasteiger partial charge in [-0.3, -0.25) is 4.90 Å². The molecular formula is C9H17FN2. The first-order chi connectivity index (χ1) is 5.66. The normalized spacial score (nSPS) is 30.5. The molecule has 1 aliphatic heterocycles. The molecule has 0 saturated heterocycles. The first kappa shape index (κ1) is 9.52. The van der Waals surface area contributed by atoms with E-state index in [1.807, 2.05) is 0 Å². The lowest BCUT2D eigenvalue weighted by molar-refractivity contribution is 0.275. The molecular weight excluding hydrogens is 155 g/mol. The van der Waals surface area contributed by atoms with Gasteiger partial charge < -0.3 is 5.32 Å². The fourth-order valence-electron chi connectivity index (χ4n) is 1.49. The molecule has 0 unspecified atom stereocenters. The molecule has 0 saturated carbocycles. The lowest BCUT2D eigenvalue weighted by Gasteiger charge is -2.22. The number of nitrogens with one attached hydrogen (secondary N) is 1. The standard InChI is InChI=1S/C9H17FN2/c1-7-6-9(11-5-4-10)8(2)12(7)3/h6-8,11H,4-5H2,1-3H3/t7-,8+/m1/s1. The highest BCUT2D eigenvalue weighted by Gasteiger charge is 2.24. The van der Waals surface area contributed by atoms with E-state index in [2.05, 4.69) is 37.2 Å². The fraction of sp³-hybridized carbons (Fsp3) is 0.778. The van der Waals surface area contributed by atoms with Crippen LogP contribution in [-0.4, -0.2) is 37.3 Å². The summed E-state index contributed by atoms with van der Waals surface area (Å²) in [6.07, 6.45) is 2.15. The quantitative estimate of drug-likeness (QED) is 0.687. The summed E-state index contributed by atoms with van der Waals surface area (Å²) in [5, 5.41) is 3.09. The van der Waals surface area contributed by atoms with E-state index < -0.39 is 0 Å². The van der Waals surface area contributed by atoms with Crippen molar-refractivity contribution in [3.05, 3.63) is 11.8 Å². The molecule has 0 spiro atoms. The van der Waals surface area contributed by atoms with E-state index in [-0.39, 0.29) is 6.67 Å². The molecule has 0 aromatic rings. The lowest BCUT2D eigenvalue weighted by Crippen LogP contribution is -2.33. The third kappa shape index (κ3) is 1.78. The number of likely N-dealkylation sites (N-methyl/N-ethyl adjacent to an activating group) is 1. The Morgan fingerprint density at radius 3 is 2.67 bits per heavy atom. The molecule has 1 heterocycles. The fourth-order valence-corrected chi connectivity index (χ4v) is 1.49. The molecule has 0 aliphatic carbocycles. The summed E-state index contributed by atoms with van der Waals surface area (Å²) in [6, 6.07) is 0.855. The number of nitrogens with zero attached hydrogens (tertiary/aromatic N) is 1. The van der Waals surface area contributed by atoms with Gasteiger partial charge in [0.1, 0.15) is 6.67 Å². The van der Waals surface area contributed by atoms with Crippen LogP contribution in [0.1, 0.15) is 13.8 Å². The monoisotopic (exact) mass is 172 g/mol. The Labute approximate surface area is 73.4 Å². The number of rotatable bonds is 3. The third-order valence-corrected chi connectivity index (χ3v) is 2.55. The summed E-state index contributed by atoms with van der Waals surface area (Å²) in [5.41, 5.74) is 1.16. The molecule has 1 N–H and O–H groups in total. The Hall–Kier alpha value is -0.570. The van der Waals surface area contributed by atoms with Crippen molar-refractivity contribution in [2.75, 3.05) is 20.3 Å². The second-order valence-electron chi connectivity index (χ2n) is 3.32. The second-order valence-corrected chi connectivity index (χ2v) is 3.32. The SMILES string of the molecule is C[C@@H]1C=C(NCCF)[C@H](C)N1C. The number of hydrogen-bond acceptors (Lipinski definition) is 2. The highest BCUT2D eigenvalue weighted by atomic mass is 19.1. The van der Waals surface area contributed by atoms with Crippen LogP contribution in [0.2, 0.25) is 0 Å². The zero-order valence-electron chi connectivity index (χ0n) is 7.97. The van der Waals surface area contributed by atoms with E-state index in [4.69, 9.17) is 0 Å². The van der Waals surface area contributed by atoms with Crippen molar-refractivity contribution in [3.63, 3.8) is 0 Å². The predicted octanol–water partition coefficient (Wildman–Crippen LogP) is 1.15. The molecule has 0 radical (unpaired) electrons. The first-order valence-corrected chi connectivity index (χ1v) is 4.40. The van der Waals surface area contributed by atoms with Gasteiger partial charge in [0.2, 0.25) is 0 Å². The molecule has 2 nitrogen and oxygen atoms in total. The van der Waals surface area contributed by atoms with E-state index >= 15 is 0 Å². The highest BCUT2D eigenvalue weighted by Crippen LogP contribution is 2.18. The maximum atomic E-state index is 11.9. The van der Waals surface area contributed by atoms with Gasteiger partial charge in [0.05, 0.1) is 0 Å². The van der Waals surface area contributed by atoms with Crippen molar-refractivity contribution < 1.29 is 4.39 Å². The minimum absolute atomic E-state index is 0.303. The van der Waals surface area contributed by atoms with Crippen LogP contribution in [0.5, 0.6) is 0 Å². The Morgan fingerprint density at radius 1 is 1.58 bits per heavy atom. The topological polar surface area (TPSA) is 15.3 Å². The van der Waals surface area contributed by atoms with E-state index in [1.54, 1.807) is 0 Å². The van der Waals surface area contributed by atoms with Gasteiger partial charge in [-0.15, -0.1) is 0 Å². The minimum atomic E-state index is -0.303. The Balaban J connectivity index is 2.48. The molecule has 3 heteroatoms. The van der Waals surface area contributed by atoms with Gasteiger partial charge in [-0.2, -0.15) is 0 Å². The van der Waals surface area contributed by atoms with Crippen LogP contribution >= 0.6 is 0 Å². The van der Waals surface area contributed by atoms with Crippen LogP contribution in [0, 0.1) is 0 Å². The van der Waals surface area contributed by atoms with E-state index in [1.165, 1.54) is 0 Å². The summed E-state index contributed by atoms with van der Waals surface area (Å²) in [7, 11) is 2.08. The average Bonchev–Trinajstić information content (AvgIpc) is 2.30. The summed E-state index contributed by atoms with van der Waals surface area (Å²) >= 11 is 0. The van der Waals surface area contributed by atoms with Crippen LogP contribution < -0.4 is 5.32 Å². The molecule has 0 aromatic heterocycles. The lowest BCUT2D eigenvalue weighted by atomic mass is 10.2. The molecule has 2 atom stereocenters. The van der Waals surface area contributed by atoms with Crippen molar-refractivity contribution in [2.45, 2.75) is 25.9 Å². The Kier molecular flexibility index (Phi) is 3.09. The van der Waals surface area contributed by atoms with Gasteiger partial charge >= 0.3 is 0 Å². The molecule has 1 rings (SSSR count). The van der Waals surface area contributed by atoms with Gasteiger partial charge in [-0.05, 0) is 27.0 Å². The largest absolute Gasteiger partial charge is 0.385 e. The average molecular weight is 172 g/mol. The summed E-state index contributed by atoms with van der Waals surface area (Å²) in [5.74, 6) is 0. The van der Waals surface area contributed by atoms with Gasteiger partial charge in [0.25, 0.3) is 0 Å². The van der Waals surface area contributed by atoms with Crippen LogP contribution in [-0.2, 0) is 0 Å². The van der Waals surface area contributed by atoms with Crippen molar-refractivity contribution >= 4 is 0 Å². The molecule has 0 aromatic carbocycles. The van der Waals surface area contributed by atoms with Gasteiger partial charge in [0, 0.05) is 24.3 Å². The second kappa shape index (κ2) is 3.90. The molecule has 0 amide bonds. The van der Waals surface area contributed by atoms with Gasteiger partial charge in [-0.1, -0.05) is 0 Å². The summed E-state index contributed by atoms with van der Waals surface area (Å²) < 4.78 is 11.9. The van der Waals surface area contributed by atoms with Crippen LogP contribution in [0.25, 0.3) is 0 Å². The number of alkyl halides is 1.